The van der Waals surface area contributed by atoms with Gasteiger partial charge in [0.1, 0.15) is 0 Å². The minimum absolute atomic E-state index is 0.0558. The van der Waals surface area contributed by atoms with Crippen LogP contribution in [0.4, 0.5) is 0 Å². The zero-order valence-electron chi connectivity index (χ0n) is 14.6. The molecule has 0 radical (unpaired) electrons. The van der Waals surface area contributed by atoms with Gasteiger partial charge in [0.25, 0.3) is 5.91 Å². The maximum atomic E-state index is 12.6. The highest BCUT2D eigenvalue weighted by molar-refractivity contribution is 7.89. The van der Waals surface area contributed by atoms with Crippen LogP contribution in [0.25, 0.3) is 0 Å². The fourth-order valence-corrected chi connectivity index (χ4v) is 5.95. The lowest BCUT2D eigenvalue weighted by atomic mass is 9.84. The second-order valence-electron chi connectivity index (χ2n) is 8.02. The molecule has 4 rings (SSSR count). The number of amides is 1. The van der Waals surface area contributed by atoms with E-state index in [-0.39, 0.29) is 22.9 Å². The summed E-state index contributed by atoms with van der Waals surface area (Å²) < 4.78 is 27.3. The number of sulfonamides is 1. The first-order valence-electron chi connectivity index (χ1n) is 9.35. The van der Waals surface area contributed by atoms with Gasteiger partial charge in [-0.3, -0.25) is 4.79 Å². The summed E-state index contributed by atoms with van der Waals surface area (Å²) in [5, 5.41) is 3.10. The second-order valence-corrected chi connectivity index (χ2v) is 9.74. The largest absolute Gasteiger partial charge is 0.349 e. The molecule has 6 heteroatoms. The molecule has 3 saturated carbocycles. The number of benzene rings is 1. The third-order valence-corrected chi connectivity index (χ3v) is 7.62. The summed E-state index contributed by atoms with van der Waals surface area (Å²) in [4.78, 5) is 12.8. The monoisotopic (exact) mass is 362 g/mol. The highest BCUT2D eigenvalue weighted by Gasteiger charge is 2.42. The Morgan fingerprint density at radius 2 is 1.96 bits per heavy atom. The van der Waals surface area contributed by atoms with Crippen LogP contribution in [-0.4, -0.2) is 26.4 Å². The third-order valence-electron chi connectivity index (χ3n) is 6.10. The Hall–Kier alpha value is -1.40. The Kier molecular flexibility index (Phi) is 4.36. The highest BCUT2D eigenvalue weighted by Crippen LogP contribution is 2.49. The molecule has 0 aliphatic heterocycles. The summed E-state index contributed by atoms with van der Waals surface area (Å²) >= 11 is 0. The maximum absolute atomic E-state index is 12.6. The van der Waals surface area contributed by atoms with Gasteiger partial charge in [-0.25, -0.2) is 13.1 Å². The van der Waals surface area contributed by atoms with Gasteiger partial charge in [0.2, 0.25) is 10.0 Å². The molecule has 2 bridgehead atoms. The molecular weight excluding hydrogens is 336 g/mol. The van der Waals surface area contributed by atoms with Crippen molar-refractivity contribution in [3.05, 3.63) is 29.8 Å². The molecule has 2 N–H and O–H groups in total. The molecule has 0 spiro atoms. The van der Waals surface area contributed by atoms with E-state index in [0.29, 0.717) is 11.5 Å². The van der Waals surface area contributed by atoms with Crippen LogP contribution in [-0.2, 0) is 10.0 Å². The van der Waals surface area contributed by atoms with Crippen LogP contribution >= 0.6 is 0 Å². The van der Waals surface area contributed by atoms with E-state index >= 15 is 0 Å². The Morgan fingerprint density at radius 1 is 1.16 bits per heavy atom. The van der Waals surface area contributed by atoms with E-state index < -0.39 is 10.0 Å². The van der Waals surface area contributed by atoms with Crippen molar-refractivity contribution in [2.45, 2.75) is 62.4 Å². The van der Waals surface area contributed by atoms with Gasteiger partial charge in [0.05, 0.1) is 4.90 Å². The summed E-state index contributed by atoms with van der Waals surface area (Å²) in [6.07, 6.45) is 6.93. The zero-order valence-corrected chi connectivity index (χ0v) is 15.4. The number of nitrogens with one attached hydrogen (secondary N) is 2. The van der Waals surface area contributed by atoms with Gasteiger partial charge in [-0.05, 0) is 75.0 Å². The molecule has 3 aliphatic rings. The minimum Gasteiger partial charge on any atom is -0.349 e. The number of carbonyl (C=O) groups is 1. The van der Waals surface area contributed by atoms with E-state index in [9.17, 15) is 13.2 Å². The van der Waals surface area contributed by atoms with Gasteiger partial charge in [0.15, 0.2) is 0 Å². The van der Waals surface area contributed by atoms with Gasteiger partial charge >= 0.3 is 0 Å². The Balaban J connectivity index is 1.44. The third kappa shape index (κ3) is 3.60. The smallest absolute Gasteiger partial charge is 0.251 e. The lowest BCUT2D eigenvalue weighted by molar-refractivity contribution is 0.0915. The average Bonchev–Trinajstić information content (AvgIpc) is 3.13. The van der Waals surface area contributed by atoms with E-state index in [1.807, 2.05) is 0 Å². The Bertz CT molecular complexity index is 773. The van der Waals surface area contributed by atoms with Gasteiger partial charge in [-0.2, -0.15) is 0 Å². The maximum Gasteiger partial charge on any atom is 0.251 e. The van der Waals surface area contributed by atoms with E-state index in [1.54, 1.807) is 18.2 Å². The molecule has 5 nitrogen and oxygen atoms in total. The van der Waals surface area contributed by atoms with E-state index in [0.717, 1.165) is 24.7 Å². The summed E-state index contributed by atoms with van der Waals surface area (Å²) in [7, 11) is -3.53. The summed E-state index contributed by atoms with van der Waals surface area (Å²) in [5.41, 5.74) is 0.411. The van der Waals surface area contributed by atoms with Gasteiger partial charge in [-0.1, -0.05) is 12.5 Å². The van der Waals surface area contributed by atoms with Crippen molar-refractivity contribution in [1.82, 2.24) is 10.0 Å². The molecular formula is C19H26N2O3S. The molecule has 1 aromatic rings. The normalized spacial score (nSPS) is 29.6. The Morgan fingerprint density at radius 3 is 2.60 bits per heavy atom. The number of carbonyl (C=O) groups excluding carboxylic acids is 1. The van der Waals surface area contributed by atoms with Crippen molar-refractivity contribution in [1.29, 1.82) is 0 Å². The van der Waals surface area contributed by atoms with Crippen molar-refractivity contribution in [2.75, 3.05) is 0 Å². The quantitative estimate of drug-likeness (QED) is 0.817. The number of hydrogen-bond donors (Lipinski definition) is 2. The fourth-order valence-electron chi connectivity index (χ4n) is 4.60. The van der Waals surface area contributed by atoms with Crippen molar-refractivity contribution >= 4 is 15.9 Å². The molecule has 0 aromatic heterocycles. The molecule has 4 atom stereocenters. The second kappa shape index (κ2) is 6.40. The molecule has 0 unspecified atom stereocenters. The molecule has 136 valence electrons. The topological polar surface area (TPSA) is 75.3 Å². The predicted molar refractivity (Wildman–Crippen MR) is 95.7 cm³/mol. The summed E-state index contributed by atoms with van der Waals surface area (Å²) in [6, 6.07) is 6.53. The summed E-state index contributed by atoms with van der Waals surface area (Å²) in [5.74, 6) is 1.97. The van der Waals surface area contributed by atoms with Crippen LogP contribution in [0.2, 0.25) is 0 Å². The predicted octanol–water partition coefficient (Wildman–Crippen LogP) is 2.68. The molecule has 0 saturated heterocycles. The van der Waals surface area contributed by atoms with Crippen LogP contribution in [0.15, 0.2) is 29.2 Å². The standard InChI is InChI=1S/C19H26N2O3S/c1-12(18-10-13-5-6-14(18)9-13)20-19(22)15-3-2-4-17(11-15)25(23,24)21-16-7-8-16/h2-4,11-14,16,18,21H,5-10H2,1H3,(H,20,22)/t12-,13-,14-,18+/m0/s1. The van der Waals surface area contributed by atoms with Crippen LogP contribution in [0.1, 0.15) is 55.8 Å². The van der Waals surface area contributed by atoms with Gasteiger partial charge < -0.3 is 5.32 Å². The van der Waals surface area contributed by atoms with E-state index in [2.05, 4.69) is 17.0 Å². The zero-order chi connectivity index (χ0) is 17.6. The van der Waals surface area contributed by atoms with E-state index in [4.69, 9.17) is 0 Å². The molecule has 1 amide bonds. The van der Waals surface area contributed by atoms with Gasteiger partial charge in [0, 0.05) is 17.6 Å². The van der Waals surface area contributed by atoms with Crippen LogP contribution in [0.5, 0.6) is 0 Å². The van der Waals surface area contributed by atoms with E-state index in [1.165, 1.54) is 31.7 Å². The fraction of sp³-hybridized carbons (Fsp3) is 0.632. The SMILES string of the molecule is C[C@H](NC(=O)c1cccc(S(=O)(=O)NC2CC2)c1)[C@H]1C[C@H]2CC[C@H]1C2. The van der Waals surface area contributed by atoms with Crippen molar-refractivity contribution in [2.24, 2.45) is 17.8 Å². The molecule has 3 aliphatic carbocycles. The minimum atomic E-state index is -3.53. The number of rotatable bonds is 6. The summed E-state index contributed by atoms with van der Waals surface area (Å²) in [6.45, 7) is 2.08. The van der Waals surface area contributed by atoms with Crippen molar-refractivity contribution in [3.8, 4) is 0 Å². The van der Waals surface area contributed by atoms with Crippen LogP contribution in [0, 0.1) is 17.8 Å². The molecule has 1 aromatic carbocycles. The average molecular weight is 362 g/mol. The van der Waals surface area contributed by atoms with Crippen LogP contribution in [0.3, 0.4) is 0 Å². The molecule has 0 heterocycles. The highest BCUT2D eigenvalue weighted by atomic mass is 32.2. The lowest BCUT2D eigenvalue weighted by Crippen LogP contribution is -2.40. The number of fused-ring (bicyclic) bond motifs is 2. The van der Waals surface area contributed by atoms with Crippen molar-refractivity contribution < 1.29 is 13.2 Å². The van der Waals surface area contributed by atoms with Crippen LogP contribution < -0.4 is 10.0 Å². The number of hydrogen-bond acceptors (Lipinski definition) is 3. The first-order valence-corrected chi connectivity index (χ1v) is 10.8. The molecule has 25 heavy (non-hydrogen) atoms. The first kappa shape index (κ1) is 17.0. The van der Waals surface area contributed by atoms with Crippen molar-refractivity contribution in [3.63, 3.8) is 0 Å². The Labute approximate surface area is 149 Å². The first-order chi connectivity index (χ1) is 11.9. The molecule has 3 fully saturated rings. The lowest BCUT2D eigenvalue weighted by Gasteiger charge is -2.28. The van der Waals surface area contributed by atoms with Gasteiger partial charge in [-0.15, -0.1) is 0 Å².